The zero-order chi connectivity index (χ0) is 14.0. The monoisotopic (exact) mass is 266 g/mol. The SMILES string of the molecule is CC1(c2cncn2-c2ccc(CC#N)cc2)CCNC1. The van der Waals surface area contributed by atoms with Gasteiger partial charge in [-0.25, -0.2) is 4.98 Å². The molecule has 1 aromatic heterocycles. The summed E-state index contributed by atoms with van der Waals surface area (Å²) in [5, 5.41) is 12.2. The van der Waals surface area contributed by atoms with E-state index in [0.29, 0.717) is 6.42 Å². The molecule has 1 fully saturated rings. The van der Waals surface area contributed by atoms with Gasteiger partial charge in [0.05, 0.1) is 18.8 Å². The lowest BCUT2D eigenvalue weighted by Gasteiger charge is -2.24. The van der Waals surface area contributed by atoms with E-state index in [9.17, 15) is 0 Å². The van der Waals surface area contributed by atoms with Crippen molar-refractivity contribution in [3.8, 4) is 11.8 Å². The summed E-state index contributed by atoms with van der Waals surface area (Å²) in [7, 11) is 0. The molecule has 0 radical (unpaired) electrons. The summed E-state index contributed by atoms with van der Waals surface area (Å²) < 4.78 is 2.16. The van der Waals surface area contributed by atoms with Gasteiger partial charge in [-0.2, -0.15) is 5.26 Å². The van der Waals surface area contributed by atoms with Crippen LogP contribution in [0, 0.1) is 11.3 Å². The Kier molecular flexibility index (Phi) is 3.29. The van der Waals surface area contributed by atoms with Crippen molar-refractivity contribution in [2.24, 2.45) is 0 Å². The van der Waals surface area contributed by atoms with Crippen LogP contribution in [0.25, 0.3) is 5.69 Å². The van der Waals surface area contributed by atoms with Crippen molar-refractivity contribution in [2.75, 3.05) is 13.1 Å². The minimum Gasteiger partial charge on any atom is -0.316 e. The molecule has 0 spiro atoms. The first-order chi connectivity index (χ1) is 9.73. The van der Waals surface area contributed by atoms with Gasteiger partial charge in [-0.05, 0) is 30.7 Å². The second-order valence-electron chi connectivity index (χ2n) is 5.64. The van der Waals surface area contributed by atoms with Crippen molar-refractivity contribution in [2.45, 2.75) is 25.2 Å². The summed E-state index contributed by atoms with van der Waals surface area (Å²) in [5.74, 6) is 0. The number of benzene rings is 1. The number of nitriles is 1. The van der Waals surface area contributed by atoms with Crippen molar-refractivity contribution in [3.05, 3.63) is 48.0 Å². The molecule has 1 N–H and O–H groups in total. The molecule has 0 aliphatic carbocycles. The van der Waals surface area contributed by atoms with Crippen LogP contribution in [0.4, 0.5) is 0 Å². The minimum absolute atomic E-state index is 0.141. The van der Waals surface area contributed by atoms with Crippen molar-refractivity contribution >= 4 is 0 Å². The normalized spacial score (nSPS) is 21.8. The van der Waals surface area contributed by atoms with E-state index in [1.54, 1.807) is 0 Å². The van der Waals surface area contributed by atoms with Gasteiger partial charge >= 0.3 is 0 Å². The van der Waals surface area contributed by atoms with E-state index in [0.717, 1.165) is 30.8 Å². The molecule has 1 aromatic carbocycles. The van der Waals surface area contributed by atoms with Crippen molar-refractivity contribution in [3.63, 3.8) is 0 Å². The highest BCUT2D eigenvalue weighted by Crippen LogP contribution is 2.31. The highest BCUT2D eigenvalue weighted by atomic mass is 15.1. The van der Waals surface area contributed by atoms with Gasteiger partial charge in [0.2, 0.25) is 0 Å². The average molecular weight is 266 g/mol. The molecule has 20 heavy (non-hydrogen) atoms. The second-order valence-corrected chi connectivity index (χ2v) is 5.64. The van der Waals surface area contributed by atoms with Gasteiger partial charge in [0.1, 0.15) is 0 Å². The Morgan fingerprint density at radius 1 is 1.40 bits per heavy atom. The highest BCUT2D eigenvalue weighted by Gasteiger charge is 2.33. The van der Waals surface area contributed by atoms with Crippen LogP contribution in [0.15, 0.2) is 36.8 Å². The summed E-state index contributed by atoms with van der Waals surface area (Å²) in [6.07, 6.45) is 5.43. The molecule has 4 heteroatoms. The van der Waals surface area contributed by atoms with Gasteiger partial charge in [-0.3, -0.25) is 0 Å². The Morgan fingerprint density at radius 3 is 2.85 bits per heavy atom. The number of nitrogens with zero attached hydrogens (tertiary/aromatic N) is 3. The van der Waals surface area contributed by atoms with Crippen LogP contribution < -0.4 is 5.32 Å². The molecule has 102 valence electrons. The molecule has 1 saturated heterocycles. The lowest BCUT2D eigenvalue weighted by Crippen LogP contribution is -2.27. The van der Waals surface area contributed by atoms with Crippen molar-refractivity contribution in [1.29, 1.82) is 5.26 Å². The fourth-order valence-electron chi connectivity index (χ4n) is 2.85. The van der Waals surface area contributed by atoms with Gasteiger partial charge in [-0.1, -0.05) is 19.1 Å². The third kappa shape index (κ3) is 2.21. The van der Waals surface area contributed by atoms with E-state index in [1.165, 1.54) is 5.69 Å². The zero-order valence-electron chi connectivity index (χ0n) is 11.6. The quantitative estimate of drug-likeness (QED) is 0.926. The fraction of sp³-hybridized carbons (Fsp3) is 0.375. The molecule has 0 amide bonds. The topological polar surface area (TPSA) is 53.6 Å². The maximum absolute atomic E-state index is 8.72. The molecule has 4 nitrogen and oxygen atoms in total. The number of aromatic nitrogens is 2. The smallest absolute Gasteiger partial charge is 0.0994 e. The molecule has 2 heterocycles. The molecular weight excluding hydrogens is 248 g/mol. The average Bonchev–Trinajstić information content (AvgIpc) is 3.09. The van der Waals surface area contributed by atoms with Crippen molar-refractivity contribution < 1.29 is 0 Å². The van der Waals surface area contributed by atoms with E-state index >= 15 is 0 Å². The summed E-state index contributed by atoms with van der Waals surface area (Å²) >= 11 is 0. The van der Waals surface area contributed by atoms with Gasteiger partial charge < -0.3 is 9.88 Å². The molecule has 0 bridgehead atoms. The Bertz CT molecular complexity index is 627. The number of rotatable bonds is 3. The first kappa shape index (κ1) is 12.9. The van der Waals surface area contributed by atoms with Gasteiger partial charge in [0, 0.05) is 29.5 Å². The zero-order valence-corrected chi connectivity index (χ0v) is 11.6. The molecule has 1 atom stereocenters. The van der Waals surface area contributed by atoms with Crippen molar-refractivity contribution in [1.82, 2.24) is 14.9 Å². The number of nitrogens with one attached hydrogen (secondary N) is 1. The molecule has 1 unspecified atom stereocenters. The summed E-state index contributed by atoms with van der Waals surface area (Å²) in [4.78, 5) is 4.33. The largest absolute Gasteiger partial charge is 0.316 e. The lowest BCUT2D eigenvalue weighted by atomic mass is 9.86. The summed E-state index contributed by atoms with van der Waals surface area (Å²) in [6.45, 7) is 4.33. The fourth-order valence-corrected chi connectivity index (χ4v) is 2.85. The third-order valence-electron chi connectivity index (χ3n) is 4.12. The Labute approximate surface area is 119 Å². The van der Waals surface area contributed by atoms with E-state index < -0.39 is 0 Å². The number of hydrogen-bond acceptors (Lipinski definition) is 3. The lowest BCUT2D eigenvalue weighted by molar-refractivity contribution is 0.499. The molecular formula is C16H18N4. The summed E-state index contributed by atoms with van der Waals surface area (Å²) in [5.41, 5.74) is 3.54. The molecule has 3 rings (SSSR count). The Balaban J connectivity index is 1.95. The van der Waals surface area contributed by atoms with E-state index in [-0.39, 0.29) is 5.41 Å². The Hall–Kier alpha value is -2.12. The van der Waals surface area contributed by atoms with Gasteiger partial charge in [-0.15, -0.1) is 0 Å². The van der Waals surface area contributed by atoms with E-state index in [1.807, 2.05) is 24.7 Å². The van der Waals surface area contributed by atoms with Crippen LogP contribution in [0.5, 0.6) is 0 Å². The third-order valence-corrected chi connectivity index (χ3v) is 4.12. The number of hydrogen-bond donors (Lipinski definition) is 1. The molecule has 1 aliphatic rings. The van der Waals surface area contributed by atoms with Crippen LogP contribution >= 0.6 is 0 Å². The van der Waals surface area contributed by atoms with Gasteiger partial charge in [0.25, 0.3) is 0 Å². The maximum atomic E-state index is 8.72. The van der Waals surface area contributed by atoms with Gasteiger partial charge in [0.15, 0.2) is 0 Å². The predicted octanol–water partition coefficient (Wildman–Crippen LogP) is 2.19. The second kappa shape index (κ2) is 5.10. The minimum atomic E-state index is 0.141. The van der Waals surface area contributed by atoms with Crippen LogP contribution in [0.3, 0.4) is 0 Å². The van der Waals surface area contributed by atoms with E-state index in [4.69, 9.17) is 5.26 Å². The molecule has 0 saturated carbocycles. The predicted molar refractivity (Wildman–Crippen MR) is 77.7 cm³/mol. The van der Waals surface area contributed by atoms with Crippen LogP contribution in [-0.2, 0) is 11.8 Å². The first-order valence-corrected chi connectivity index (χ1v) is 6.93. The highest BCUT2D eigenvalue weighted by molar-refractivity contribution is 5.38. The standard InChI is InChI=1S/C16H18N4/c1-16(7-9-18-11-16)15-10-19-12-20(15)14-4-2-13(3-5-14)6-8-17/h2-5,10,12,18H,6-7,9,11H2,1H3. The first-order valence-electron chi connectivity index (χ1n) is 6.93. The van der Waals surface area contributed by atoms with Crippen LogP contribution in [0.2, 0.25) is 0 Å². The molecule has 2 aromatic rings. The Morgan fingerprint density at radius 2 is 2.20 bits per heavy atom. The molecule has 1 aliphatic heterocycles. The van der Waals surface area contributed by atoms with Crippen LogP contribution in [0.1, 0.15) is 24.6 Å². The van der Waals surface area contributed by atoms with Crippen LogP contribution in [-0.4, -0.2) is 22.6 Å². The summed E-state index contributed by atoms with van der Waals surface area (Å²) in [6, 6.07) is 10.3. The maximum Gasteiger partial charge on any atom is 0.0994 e. The number of imidazole rings is 1. The van der Waals surface area contributed by atoms with E-state index in [2.05, 4.69) is 40.0 Å².